The zero-order valence-electron chi connectivity index (χ0n) is 20.3. The van der Waals surface area contributed by atoms with Crippen LogP contribution in [0.3, 0.4) is 0 Å². The van der Waals surface area contributed by atoms with Crippen molar-refractivity contribution in [2.45, 2.75) is 18.9 Å². The fourth-order valence-corrected chi connectivity index (χ4v) is 4.27. The van der Waals surface area contributed by atoms with E-state index in [2.05, 4.69) is 30.2 Å². The van der Waals surface area contributed by atoms with E-state index in [1.54, 1.807) is 12.1 Å². The quantitative estimate of drug-likeness (QED) is 0.173. The van der Waals surface area contributed by atoms with Crippen LogP contribution in [0, 0.1) is 0 Å². The van der Waals surface area contributed by atoms with Gasteiger partial charge < -0.3 is 0 Å². The SMILES string of the molecule is O=C(c1ccccc1Cl)c1ncncc1-c1nnn(Cc2cc(C(F)(F)F)cc(C(F)(F)F)c2)c1-c1cncnc1. The summed E-state index contributed by atoms with van der Waals surface area (Å²) in [5, 5.41) is 8.26. The highest BCUT2D eigenvalue weighted by atomic mass is 35.5. The molecular formula is C26H14ClF6N7O. The zero-order chi connectivity index (χ0) is 29.4. The zero-order valence-corrected chi connectivity index (χ0v) is 21.1. The Morgan fingerprint density at radius 3 is 2.12 bits per heavy atom. The molecule has 0 atom stereocenters. The minimum Gasteiger partial charge on any atom is -0.287 e. The maximum absolute atomic E-state index is 13.5. The summed E-state index contributed by atoms with van der Waals surface area (Å²) < 4.78 is 81.8. The van der Waals surface area contributed by atoms with Gasteiger partial charge in [0.25, 0.3) is 0 Å². The monoisotopic (exact) mass is 589 g/mol. The van der Waals surface area contributed by atoms with E-state index < -0.39 is 35.8 Å². The molecule has 0 saturated carbocycles. The molecule has 3 aromatic heterocycles. The minimum atomic E-state index is -5.03. The number of carbonyl (C=O) groups is 1. The average molecular weight is 590 g/mol. The largest absolute Gasteiger partial charge is 0.416 e. The summed E-state index contributed by atoms with van der Waals surface area (Å²) in [5.41, 5.74) is -2.83. The average Bonchev–Trinajstić information content (AvgIpc) is 3.35. The molecule has 5 rings (SSSR count). The summed E-state index contributed by atoms with van der Waals surface area (Å²) in [6, 6.07) is 7.48. The fourth-order valence-electron chi connectivity index (χ4n) is 4.05. The third-order valence-electron chi connectivity index (χ3n) is 5.85. The third-order valence-corrected chi connectivity index (χ3v) is 6.18. The van der Waals surface area contributed by atoms with Crippen LogP contribution in [0.1, 0.15) is 32.7 Å². The molecule has 8 nitrogen and oxygen atoms in total. The fraction of sp³-hybridized carbons (Fsp3) is 0.115. The lowest BCUT2D eigenvalue weighted by Gasteiger charge is -2.15. The van der Waals surface area contributed by atoms with Crippen LogP contribution in [0.2, 0.25) is 5.02 Å². The molecule has 0 N–H and O–H groups in total. The van der Waals surface area contributed by atoms with Gasteiger partial charge in [-0.2, -0.15) is 26.3 Å². The number of alkyl halides is 6. The molecule has 0 aliphatic carbocycles. The Morgan fingerprint density at radius 1 is 0.854 bits per heavy atom. The number of ketones is 1. The van der Waals surface area contributed by atoms with Crippen molar-refractivity contribution in [3.05, 3.63) is 107 Å². The van der Waals surface area contributed by atoms with Crippen molar-refractivity contribution in [2.75, 3.05) is 0 Å². The normalized spacial score (nSPS) is 12.0. The number of halogens is 7. The van der Waals surface area contributed by atoms with Crippen molar-refractivity contribution in [1.82, 2.24) is 34.9 Å². The second kappa shape index (κ2) is 10.7. The predicted molar refractivity (Wildman–Crippen MR) is 133 cm³/mol. The highest BCUT2D eigenvalue weighted by Gasteiger charge is 2.37. The molecule has 5 aromatic rings. The number of rotatable bonds is 6. The Hall–Kier alpha value is -4.72. The van der Waals surface area contributed by atoms with Crippen LogP contribution in [0.5, 0.6) is 0 Å². The summed E-state index contributed by atoms with van der Waals surface area (Å²) in [6.07, 6.45) is -3.74. The van der Waals surface area contributed by atoms with E-state index in [1.807, 2.05) is 0 Å². The molecule has 3 heterocycles. The van der Waals surface area contributed by atoms with Gasteiger partial charge in [-0.1, -0.05) is 28.9 Å². The highest BCUT2D eigenvalue weighted by Crippen LogP contribution is 2.37. The Bertz CT molecular complexity index is 1710. The van der Waals surface area contributed by atoms with Crippen LogP contribution in [-0.4, -0.2) is 40.7 Å². The van der Waals surface area contributed by atoms with Gasteiger partial charge in [0.1, 0.15) is 29.7 Å². The maximum atomic E-state index is 13.5. The van der Waals surface area contributed by atoms with Gasteiger partial charge in [-0.05, 0) is 35.9 Å². The molecule has 0 unspecified atom stereocenters. The molecule has 2 aromatic carbocycles. The van der Waals surface area contributed by atoms with Gasteiger partial charge in [-0.3, -0.25) is 4.79 Å². The molecule has 0 spiro atoms. The van der Waals surface area contributed by atoms with Crippen molar-refractivity contribution in [1.29, 1.82) is 0 Å². The van der Waals surface area contributed by atoms with E-state index in [4.69, 9.17) is 11.6 Å². The van der Waals surface area contributed by atoms with E-state index in [-0.39, 0.29) is 50.4 Å². The molecular weight excluding hydrogens is 576 g/mol. The molecule has 208 valence electrons. The maximum Gasteiger partial charge on any atom is 0.416 e. The first kappa shape index (κ1) is 27.8. The van der Waals surface area contributed by atoms with Gasteiger partial charge in [-0.25, -0.2) is 24.6 Å². The first-order valence-corrected chi connectivity index (χ1v) is 11.9. The molecule has 0 aliphatic rings. The van der Waals surface area contributed by atoms with Gasteiger partial charge in [0, 0.05) is 29.7 Å². The third kappa shape index (κ3) is 5.77. The van der Waals surface area contributed by atoms with E-state index in [0.29, 0.717) is 12.1 Å². The van der Waals surface area contributed by atoms with Crippen LogP contribution in [0.4, 0.5) is 26.3 Å². The smallest absolute Gasteiger partial charge is 0.287 e. The van der Waals surface area contributed by atoms with Crippen molar-refractivity contribution in [3.63, 3.8) is 0 Å². The number of hydrogen-bond donors (Lipinski definition) is 0. The van der Waals surface area contributed by atoms with Crippen LogP contribution in [0.15, 0.2) is 73.7 Å². The van der Waals surface area contributed by atoms with Crippen molar-refractivity contribution in [3.8, 4) is 22.5 Å². The minimum absolute atomic E-state index is 0.0128. The number of aromatic nitrogens is 7. The standard InChI is InChI=1S/C26H14ClF6N7O/c27-20-4-2-1-3-18(20)24(41)22-19(10-36-13-37-22)21-23(15-8-34-12-35-9-15)40(39-38-21)11-14-5-16(25(28,29)30)7-17(6-14)26(31,32)33/h1-10,12-13H,11H2. The summed E-state index contributed by atoms with van der Waals surface area (Å²) in [5.74, 6) is -0.578. The Morgan fingerprint density at radius 2 is 1.49 bits per heavy atom. The molecule has 15 heteroatoms. The van der Waals surface area contributed by atoms with Crippen LogP contribution >= 0.6 is 11.6 Å². The Kier molecular flexibility index (Phi) is 7.26. The molecule has 0 bridgehead atoms. The molecule has 41 heavy (non-hydrogen) atoms. The first-order chi connectivity index (χ1) is 19.4. The van der Waals surface area contributed by atoms with Gasteiger partial charge in [0.05, 0.1) is 28.3 Å². The second-order valence-corrected chi connectivity index (χ2v) is 8.99. The number of benzene rings is 2. The van der Waals surface area contributed by atoms with Crippen LogP contribution < -0.4 is 0 Å². The molecule has 0 amide bonds. The second-order valence-electron chi connectivity index (χ2n) is 8.58. The summed E-state index contributed by atoms with van der Waals surface area (Å²) in [6.45, 7) is -0.550. The topological polar surface area (TPSA) is 99.3 Å². The van der Waals surface area contributed by atoms with E-state index in [0.717, 1.165) is 11.0 Å². The van der Waals surface area contributed by atoms with Gasteiger partial charge in [0.2, 0.25) is 5.78 Å². The molecule has 0 aliphatic heterocycles. The van der Waals surface area contributed by atoms with E-state index in [1.165, 1.54) is 37.1 Å². The van der Waals surface area contributed by atoms with Crippen LogP contribution in [0.25, 0.3) is 22.5 Å². The van der Waals surface area contributed by atoms with Crippen LogP contribution in [-0.2, 0) is 18.9 Å². The number of nitrogens with zero attached hydrogens (tertiary/aromatic N) is 7. The number of hydrogen-bond acceptors (Lipinski definition) is 7. The van der Waals surface area contributed by atoms with E-state index >= 15 is 0 Å². The molecule has 0 fully saturated rings. The lowest BCUT2D eigenvalue weighted by atomic mass is 10.0. The lowest BCUT2D eigenvalue weighted by Crippen LogP contribution is -2.13. The molecule has 0 radical (unpaired) electrons. The Labute approximate surface area is 231 Å². The van der Waals surface area contributed by atoms with Gasteiger partial charge >= 0.3 is 12.4 Å². The van der Waals surface area contributed by atoms with Gasteiger partial charge in [0.15, 0.2) is 0 Å². The van der Waals surface area contributed by atoms with E-state index in [9.17, 15) is 31.1 Å². The predicted octanol–water partition coefficient (Wildman–Crippen LogP) is 6.16. The number of carbonyl (C=O) groups excluding carboxylic acids is 1. The lowest BCUT2D eigenvalue weighted by molar-refractivity contribution is -0.143. The first-order valence-electron chi connectivity index (χ1n) is 11.5. The summed E-state index contributed by atoms with van der Waals surface area (Å²) in [4.78, 5) is 29.4. The highest BCUT2D eigenvalue weighted by molar-refractivity contribution is 6.35. The summed E-state index contributed by atoms with van der Waals surface area (Å²) >= 11 is 6.21. The molecule has 0 saturated heterocycles. The van der Waals surface area contributed by atoms with Crippen molar-refractivity contribution >= 4 is 17.4 Å². The summed E-state index contributed by atoms with van der Waals surface area (Å²) in [7, 11) is 0. The van der Waals surface area contributed by atoms with Crippen molar-refractivity contribution < 1.29 is 31.1 Å². The van der Waals surface area contributed by atoms with Crippen molar-refractivity contribution in [2.24, 2.45) is 0 Å². The Balaban J connectivity index is 1.67. The van der Waals surface area contributed by atoms with Gasteiger partial charge in [-0.15, -0.1) is 5.10 Å².